The van der Waals surface area contributed by atoms with Crippen molar-refractivity contribution in [2.45, 2.75) is 26.3 Å². The average molecular weight is 313 g/mol. The molecule has 2 aromatic heterocycles. The van der Waals surface area contributed by atoms with E-state index in [1.54, 1.807) is 18.3 Å². The number of halogens is 1. The highest BCUT2D eigenvalue weighted by Gasteiger charge is 2.22. The highest BCUT2D eigenvalue weighted by atomic mass is 35.5. The number of rotatable bonds is 5. The Morgan fingerprint density at radius 3 is 2.90 bits per heavy atom. The number of hydrogen-bond acceptors (Lipinski definition) is 6. The minimum Gasteiger partial charge on any atom is -0.361 e. The summed E-state index contributed by atoms with van der Waals surface area (Å²) in [5.41, 5.74) is 1.29. The maximum Gasteiger partial charge on any atom is 0.332 e. The molecular formula is C12H13ClN4O2S. The van der Waals surface area contributed by atoms with E-state index in [0.717, 1.165) is 6.42 Å². The number of nitro groups is 1. The second-order valence-corrected chi connectivity index (χ2v) is 5.53. The van der Waals surface area contributed by atoms with Crippen molar-refractivity contribution >= 4 is 34.4 Å². The molecule has 0 saturated carbocycles. The molecule has 1 unspecified atom stereocenters. The fourth-order valence-corrected chi connectivity index (χ4v) is 2.79. The third-order valence-corrected chi connectivity index (χ3v) is 3.62. The van der Waals surface area contributed by atoms with E-state index < -0.39 is 4.92 Å². The van der Waals surface area contributed by atoms with Crippen LogP contribution in [-0.4, -0.2) is 20.9 Å². The lowest BCUT2D eigenvalue weighted by Gasteiger charge is -2.14. The van der Waals surface area contributed by atoms with Gasteiger partial charge in [0.25, 0.3) is 0 Å². The Morgan fingerprint density at radius 1 is 1.55 bits per heavy atom. The zero-order chi connectivity index (χ0) is 14.7. The standard InChI is InChI=1S/C12H13ClN4O2S/c1-7(5-9-3-4-20-6-9)14-11-10(17(18)19)8(2)15-12(13)16-11/h3-4,6-7H,5H2,1-2H3,(H,14,15,16). The number of hydrogen-bond donors (Lipinski definition) is 1. The largest absolute Gasteiger partial charge is 0.361 e. The van der Waals surface area contributed by atoms with E-state index in [1.165, 1.54) is 5.56 Å². The zero-order valence-corrected chi connectivity index (χ0v) is 12.5. The van der Waals surface area contributed by atoms with Gasteiger partial charge in [-0.1, -0.05) is 0 Å². The number of aryl methyl sites for hydroxylation is 1. The molecule has 0 spiro atoms. The normalized spacial score (nSPS) is 12.2. The smallest absolute Gasteiger partial charge is 0.332 e. The lowest BCUT2D eigenvalue weighted by atomic mass is 10.1. The van der Waals surface area contributed by atoms with Crippen molar-refractivity contribution in [2.75, 3.05) is 5.32 Å². The Balaban J connectivity index is 2.21. The van der Waals surface area contributed by atoms with Crippen molar-refractivity contribution in [3.63, 3.8) is 0 Å². The van der Waals surface area contributed by atoms with Crippen LogP contribution in [0.2, 0.25) is 5.28 Å². The summed E-state index contributed by atoms with van der Waals surface area (Å²) >= 11 is 7.39. The van der Waals surface area contributed by atoms with Crippen LogP contribution in [0.5, 0.6) is 0 Å². The van der Waals surface area contributed by atoms with Gasteiger partial charge in [0, 0.05) is 6.04 Å². The minimum atomic E-state index is -0.495. The fraction of sp³-hybridized carbons (Fsp3) is 0.333. The van der Waals surface area contributed by atoms with E-state index >= 15 is 0 Å². The van der Waals surface area contributed by atoms with Gasteiger partial charge in [-0.05, 0) is 54.3 Å². The molecule has 0 aliphatic rings. The van der Waals surface area contributed by atoms with Crippen LogP contribution in [0.15, 0.2) is 16.8 Å². The van der Waals surface area contributed by atoms with E-state index in [-0.39, 0.29) is 28.5 Å². The summed E-state index contributed by atoms with van der Waals surface area (Å²) in [7, 11) is 0. The predicted molar refractivity (Wildman–Crippen MR) is 79.5 cm³/mol. The summed E-state index contributed by atoms with van der Waals surface area (Å²) < 4.78 is 0. The number of aromatic nitrogens is 2. The number of nitrogens with one attached hydrogen (secondary N) is 1. The van der Waals surface area contributed by atoms with Crippen LogP contribution in [0.4, 0.5) is 11.5 Å². The van der Waals surface area contributed by atoms with Crippen molar-refractivity contribution in [2.24, 2.45) is 0 Å². The molecule has 0 aliphatic heterocycles. The Morgan fingerprint density at radius 2 is 2.30 bits per heavy atom. The van der Waals surface area contributed by atoms with Gasteiger partial charge in [-0.2, -0.15) is 16.3 Å². The third kappa shape index (κ3) is 3.43. The van der Waals surface area contributed by atoms with E-state index in [4.69, 9.17) is 11.6 Å². The van der Waals surface area contributed by atoms with E-state index in [2.05, 4.69) is 15.3 Å². The van der Waals surface area contributed by atoms with Gasteiger partial charge in [0.2, 0.25) is 11.1 Å². The van der Waals surface area contributed by atoms with E-state index in [1.807, 2.05) is 23.8 Å². The molecule has 1 N–H and O–H groups in total. The van der Waals surface area contributed by atoms with Gasteiger partial charge in [0.15, 0.2) is 0 Å². The molecule has 2 heterocycles. The van der Waals surface area contributed by atoms with Crippen molar-refractivity contribution in [3.8, 4) is 0 Å². The second-order valence-electron chi connectivity index (χ2n) is 4.41. The highest BCUT2D eigenvalue weighted by Crippen LogP contribution is 2.27. The SMILES string of the molecule is Cc1nc(Cl)nc(NC(C)Cc2ccsc2)c1[N+](=O)[O-]. The fourth-order valence-electron chi connectivity index (χ4n) is 1.90. The van der Waals surface area contributed by atoms with Crippen LogP contribution in [-0.2, 0) is 6.42 Å². The number of anilines is 1. The zero-order valence-electron chi connectivity index (χ0n) is 11.0. The second kappa shape index (κ2) is 6.15. The Bertz CT molecular complexity index is 618. The topological polar surface area (TPSA) is 81.0 Å². The molecule has 106 valence electrons. The van der Waals surface area contributed by atoms with Gasteiger partial charge in [-0.25, -0.2) is 4.98 Å². The van der Waals surface area contributed by atoms with Gasteiger partial charge >= 0.3 is 5.69 Å². The molecule has 0 bridgehead atoms. The third-order valence-electron chi connectivity index (χ3n) is 2.72. The molecule has 0 aliphatic carbocycles. The van der Waals surface area contributed by atoms with Crippen LogP contribution in [0, 0.1) is 17.0 Å². The van der Waals surface area contributed by atoms with Crippen molar-refractivity contribution in [1.29, 1.82) is 0 Å². The molecule has 0 fully saturated rings. The summed E-state index contributed by atoms with van der Waals surface area (Å²) in [6, 6.07) is 2.02. The van der Waals surface area contributed by atoms with Gasteiger partial charge in [0.05, 0.1) is 4.92 Å². The van der Waals surface area contributed by atoms with Gasteiger partial charge in [0.1, 0.15) is 5.69 Å². The first-order valence-electron chi connectivity index (χ1n) is 5.93. The lowest BCUT2D eigenvalue weighted by Crippen LogP contribution is -2.20. The highest BCUT2D eigenvalue weighted by molar-refractivity contribution is 7.07. The molecule has 1 atom stereocenters. The maximum absolute atomic E-state index is 11.1. The molecule has 2 aromatic rings. The number of nitrogens with zero attached hydrogens (tertiary/aromatic N) is 3. The monoisotopic (exact) mass is 312 g/mol. The molecule has 8 heteroatoms. The van der Waals surface area contributed by atoms with E-state index in [9.17, 15) is 10.1 Å². The molecule has 20 heavy (non-hydrogen) atoms. The first-order chi connectivity index (χ1) is 9.47. The maximum atomic E-state index is 11.1. The van der Waals surface area contributed by atoms with Crippen LogP contribution in [0.25, 0.3) is 0 Å². The molecule has 0 radical (unpaired) electrons. The van der Waals surface area contributed by atoms with Gasteiger partial charge < -0.3 is 5.32 Å². The molecule has 2 rings (SSSR count). The van der Waals surface area contributed by atoms with Crippen molar-refractivity contribution in [1.82, 2.24) is 9.97 Å². The summed E-state index contributed by atoms with van der Waals surface area (Å²) in [5.74, 6) is 0.162. The van der Waals surface area contributed by atoms with Gasteiger partial charge in [-0.15, -0.1) is 0 Å². The van der Waals surface area contributed by atoms with Gasteiger partial charge in [-0.3, -0.25) is 10.1 Å². The summed E-state index contributed by atoms with van der Waals surface area (Å²) in [4.78, 5) is 18.3. The average Bonchev–Trinajstić information content (AvgIpc) is 2.79. The van der Waals surface area contributed by atoms with Crippen molar-refractivity contribution in [3.05, 3.63) is 43.5 Å². The number of thiophene rings is 1. The van der Waals surface area contributed by atoms with Crippen LogP contribution in [0.1, 0.15) is 18.2 Å². The molecule has 0 amide bonds. The van der Waals surface area contributed by atoms with Crippen molar-refractivity contribution < 1.29 is 4.92 Å². The van der Waals surface area contributed by atoms with Crippen LogP contribution in [0.3, 0.4) is 0 Å². The summed E-state index contributed by atoms with van der Waals surface area (Å²) in [5, 5.41) is 18.2. The first kappa shape index (κ1) is 14.7. The minimum absolute atomic E-state index is 0.00154. The van der Waals surface area contributed by atoms with Crippen LogP contribution < -0.4 is 5.32 Å². The Hall–Kier alpha value is -1.73. The lowest BCUT2D eigenvalue weighted by molar-refractivity contribution is -0.385. The first-order valence-corrected chi connectivity index (χ1v) is 7.25. The summed E-state index contributed by atoms with van der Waals surface area (Å²) in [6.45, 7) is 3.48. The van der Waals surface area contributed by atoms with Crippen LogP contribution >= 0.6 is 22.9 Å². The summed E-state index contributed by atoms with van der Waals surface area (Å²) in [6.07, 6.45) is 0.751. The molecular weight excluding hydrogens is 300 g/mol. The molecule has 0 saturated heterocycles. The molecule has 6 nitrogen and oxygen atoms in total. The molecule has 0 aromatic carbocycles. The quantitative estimate of drug-likeness (QED) is 0.519. The Kier molecular flexibility index (Phi) is 4.51. The van der Waals surface area contributed by atoms with E-state index in [0.29, 0.717) is 0 Å². The Labute approximate surface area is 125 Å². The predicted octanol–water partition coefficient (Wildman–Crippen LogP) is 3.45.